The van der Waals surface area contributed by atoms with Crippen molar-refractivity contribution in [2.75, 3.05) is 11.4 Å². The van der Waals surface area contributed by atoms with Crippen LogP contribution in [-0.2, 0) is 0 Å². The van der Waals surface area contributed by atoms with Crippen LogP contribution < -0.4 is 10.6 Å². The molecule has 0 spiro atoms. The summed E-state index contributed by atoms with van der Waals surface area (Å²) in [5, 5.41) is 10.4. The molecule has 3 N–H and O–H groups in total. The van der Waals surface area contributed by atoms with Crippen LogP contribution in [-0.4, -0.2) is 12.5 Å². The molecule has 0 atom stereocenters. The Labute approximate surface area is 159 Å². The molecule has 0 amide bonds. The van der Waals surface area contributed by atoms with Crippen molar-refractivity contribution in [3.05, 3.63) is 83.4 Å². The maximum Gasteiger partial charge on any atom is 0.193 e. The summed E-state index contributed by atoms with van der Waals surface area (Å²) in [4.78, 5) is 1.83. The Balaban J connectivity index is 0.00000196. The zero-order valence-electron chi connectivity index (χ0n) is 14.2. The van der Waals surface area contributed by atoms with E-state index in [1.165, 1.54) is 16.5 Å². The largest absolute Gasteiger partial charge is 0.370 e. The topological polar surface area (TPSA) is 53.1 Å². The molecule has 3 aromatic rings. The molecule has 3 aromatic carbocycles. The van der Waals surface area contributed by atoms with Crippen LogP contribution in [0.1, 0.15) is 16.7 Å². The molecule has 4 rings (SSSR count). The fourth-order valence-corrected chi connectivity index (χ4v) is 3.33. The van der Waals surface area contributed by atoms with Crippen molar-refractivity contribution in [1.82, 2.24) is 0 Å². The van der Waals surface area contributed by atoms with Gasteiger partial charge in [0.15, 0.2) is 5.96 Å². The van der Waals surface area contributed by atoms with Crippen molar-refractivity contribution in [3.63, 3.8) is 0 Å². The molecule has 1 aliphatic rings. The molecule has 0 fully saturated rings. The molecular formula is C22H20ClN3. The number of anilines is 1. The van der Waals surface area contributed by atoms with Gasteiger partial charge in [0, 0.05) is 11.9 Å². The summed E-state index contributed by atoms with van der Waals surface area (Å²) in [5.74, 6) is 0.0457. The normalized spacial score (nSPS) is 11.7. The molecule has 0 saturated carbocycles. The molecule has 0 radical (unpaired) electrons. The van der Waals surface area contributed by atoms with Gasteiger partial charge in [0.2, 0.25) is 0 Å². The fourth-order valence-electron chi connectivity index (χ4n) is 3.33. The Kier molecular flexibility index (Phi) is 5.10. The number of benzene rings is 3. The highest BCUT2D eigenvalue weighted by molar-refractivity contribution is 6.12. The molecule has 130 valence electrons. The van der Waals surface area contributed by atoms with Crippen molar-refractivity contribution in [2.45, 2.75) is 0 Å². The van der Waals surface area contributed by atoms with Gasteiger partial charge in [0.1, 0.15) is 0 Å². The highest BCUT2D eigenvalue weighted by atomic mass is 35.5. The number of guanidine groups is 1. The molecule has 0 saturated heterocycles. The predicted molar refractivity (Wildman–Crippen MR) is 115 cm³/mol. The van der Waals surface area contributed by atoms with Crippen LogP contribution in [0.3, 0.4) is 0 Å². The summed E-state index contributed by atoms with van der Waals surface area (Å²) in [6, 6.07) is 20.6. The average molecular weight is 362 g/mol. The maximum absolute atomic E-state index is 8.02. The molecule has 26 heavy (non-hydrogen) atoms. The lowest BCUT2D eigenvalue weighted by Crippen LogP contribution is -2.36. The van der Waals surface area contributed by atoms with Gasteiger partial charge in [-0.1, -0.05) is 78.9 Å². The van der Waals surface area contributed by atoms with E-state index < -0.39 is 0 Å². The maximum atomic E-state index is 8.02. The van der Waals surface area contributed by atoms with Crippen LogP contribution in [0.15, 0.2) is 66.7 Å². The van der Waals surface area contributed by atoms with E-state index in [0.717, 1.165) is 16.6 Å². The highest BCUT2D eigenvalue weighted by Crippen LogP contribution is 2.36. The molecule has 0 heterocycles. The smallest absolute Gasteiger partial charge is 0.193 e. The minimum absolute atomic E-state index is 0. The standard InChI is InChI=1S/C22H19N3.ClH/c23-22(24)25(15-5-8-16-6-2-1-3-7-16)20-14-13-18-12-11-17-9-4-10-19(20)21(17)18;/h1-14H,15H2,(H3,23,24);1H. The van der Waals surface area contributed by atoms with Crippen molar-refractivity contribution >= 4 is 53.1 Å². The second-order valence-corrected chi connectivity index (χ2v) is 6.09. The van der Waals surface area contributed by atoms with Gasteiger partial charge in [-0.2, -0.15) is 0 Å². The van der Waals surface area contributed by atoms with Gasteiger partial charge in [0.25, 0.3) is 0 Å². The Morgan fingerprint density at radius 3 is 2.38 bits per heavy atom. The van der Waals surface area contributed by atoms with E-state index in [4.69, 9.17) is 11.1 Å². The molecule has 0 unspecified atom stereocenters. The van der Waals surface area contributed by atoms with Crippen LogP contribution >= 0.6 is 12.4 Å². The monoisotopic (exact) mass is 361 g/mol. The van der Waals surface area contributed by atoms with Gasteiger partial charge in [0.05, 0.1) is 5.69 Å². The van der Waals surface area contributed by atoms with Crippen LogP contribution in [0.2, 0.25) is 0 Å². The molecule has 4 heteroatoms. The fraction of sp³-hybridized carbons (Fsp3) is 0.0455. The lowest BCUT2D eigenvalue weighted by molar-refractivity contribution is 1.11. The van der Waals surface area contributed by atoms with Crippen LogP contribution in [0, 0.1) is 5.41 Å². The summed E-state index contributed by atoms with van der Waals surface area (Å²) in [6.45, 7) is 0.552. The first-order valence-electron chi connectivity index (χ1n) is 8.31. The van der Waals surface area contributed by atoms with Gasteiger partial charge in [-0.25, -0.2) is 0 Å². The third-order valence-corrected chi connectivity index (χ3v) is 4.50. The van der Waals surface area contributed by atoms with Crippen LogP contribution in [0.4, 0.5) is 5.69 Å². The Morgan fingerprint density at radius 1 is 0.923 bits per heavy atom. The molecule has 0 aliphatic heterocycles. The lowest BCUT2D eigenvalue weighted by atomic mass is 10.0. The minimum Gasteiger partial charge on any atom is -0.370 e. The highest BCUT2D eigenvalue weighted by Gasteiger charge is 2.16. The van der Waals surface area contributed by atoms with Crippen molar-refractivity contribution in [3.8, 4) is 0 Å². The average Bonchev–Trinajstić information content (AvgIpc) is 3.05. The Hall–Kier alpha value is -3.04. The number of rotatable bonds is 4. The van der Waals surface area contributed by atoms with Gasteiger partial charge in [-0.3, -0.25) is 5.41 Å². The summed E-state index contributed by atoms with van der Waals surface area (Å²) in [5.41, 5.74) is 10.4. The van der Waals surface area contributed by atoms with Gasteiger partial charge >= 0.3 is 0 Å². The summed E-state index contributed by atoms with van der Waals surface area (Å²) in [6.07, 6.45) is 8.36. The van der Waals surface area contributed by atoms with Crippen LogP contribution in [0.5, 0.6) is 0 Å². The second-order valence-electron chi connectivity index (χ2n) is 6.09. The van der Waals surface area contributed by atoms with Crippen molar-refractivity contribution in [2.24, 2.45) is 5.73 Å². The quantitative estimate of drug-likeness (QED) is 0.389. The number of nitrogens with zero attached hydrogens (tertiary/aromatic N) is 1. The predicted octanol–water partition coefficient (Wildman–Crippen LogP) is 5.16. The number of nitrogens with two attached hydrogens (primary N) is 1. The van der Waals surface area contributed by atoms with Gasteiger partial charge in [-0.05, 0) is 28.1 Å². The Bertz CT molecular complexity index is 994. The molecule has 3 nitrogen and oxygen atoms in total. The van der Waals surface area contributed by atoms with E-state index in [1.807, 2.05) is 29.2 Å². The number of halogens is 1. The first kappa shape index (κ1) is 17.8. The van der Waals surface area contributed by atoms with E-state index in [9.17, 15) is 0 Å². The van der Waals surface area contributed by atoms with Gasteiger partial charge < -0.3 is 10.6 Å². The first-order chi connectivity index (χ1) is 12.2. The van der Waals surface area contributed by atoms with Gasteiger partial charge in [-0.15, -0.1) is 12.4 Å². The summed E-state index contributed by atoms with van der Waals surface area (Å²) >= 11 is 0. The SMILES string of the molecule is Cl.N=C(N)N(CC=Cc1ccccc1)c1ccc2c3c(cccc13)C=C2. The van der Waals surface area contributed by atoms with E-state index in [0.29, 0.717) is 6.54 Å². The molecule has 0 aromatic heterocycles. The zero-order valence-corrected chi connectivity index (χ0v) is 15.0. The second kappa shape index (κ2) is 7.46. The zero-order chi connectivity index (χ0) is 17.2. The summed E-state index contributed by atoms with van der Waals surface area (Å²) in [7, 11) is 0. The lowest BCUT2D eigenvalue weighted by Gasteiger charge is -2.23. The van der Waals surface area contributed by atoms with E-state index >= 15 is 0 Å². The van der Waals surface area contributed by atoms with Crippen molar-refractivity contribution < 1.29 is 0 Å². The number of nitrogens with one attached hydrogen (secondary N) is 1. The first-order valence-corrected chi connectivity index (χ1v) is 8.31. The molecule has 1 aliphatic carbocycles. The van der Waals surface area contributed by atoms with E-state index in [-0.39, 0.29) is 18.4 Å². The number of hydrogen-bond acceptors (Lipinski definition) is 1. The number of hydrogen-bond donors (Lipinski definition) is 2. The molecular weight excluding hydrogens is 342 g/mol. The molecule has 0 bridgehead atoms. The Morgan fingerprint density at radius 2 is 1.65 bits per heavy atom. The van der Waals surface area contributed by atoms with Crippen LogP contribution in [0.25, 0.3) is 29.0 Å². The van der Waals surface area contributed by atoms with E-state index in [2.05, 4.69) is 60.7 Å². The summed E-state index contributed by atoms with van der Waals surface area (Å²) < 4.78 is 0. The minimum atomic E-state index is 0. The van der Waals surface area contributed by atoms with Crippen molar-refractivity contribution in [1.29, 1.82) is 5.41 Å². The third kappa shape index (κ3) is 3.22. The third-order valence-electron chi connectivity index (χ3n) is 4.50. The van der Waals surface area contributed by atoms with E-state index in [1.54, 1.807) is 0 Å².